The minimum atomic E-state index is 0.274. The summed E-state index contributed by atoms with van der Waals surface area (Å²) in [5.41, 5.74) is 7.70. The van der Waals surface area contributed by atoms with Crippen molar-refractivity contribution in [2.45, 2.75) is 25.9 Å². The van der Waals surface area contributed by atoms with Crippen molar-refractivity contribution in [1.82, 2.24) is 4.90 Å². The number of para-hydroxylation sites is 1. The van der Waals surface area contributed by atoms with Crippen LogP contribution in [0.3, 0.4) is 0 Å². The van der Waals surface area contributed by atoms with Gasteiger partial charge in [-0.05, 0) is 38.4 Å². The second kappa shape index (κ2) is 5.67. The average Bonchev–Trinajstić information content (AvgIpc) is 2.34. The fourth-order valence-corrected chi connectivity index (χ4v) is 2.43. The summed E-state index contributed by atoms with van der Waals surface area (Å²) in [6, 6.07) is 5.93. The molecule has 0 unspecified atom stereocenters. The van der Waals surface area contributed by atoms with Crippen molar-refractivity contribution < 1.29 is 4.74 Å². The molecular formula is C14H20N2OS. The van der Waals surface area contributed by atoms with Crippen molar-refractivity contribution in [1.29, 1.82) is 0 Å². The molecule has 2 rings (SSSR count). The first-order chi connectivity index (χ1) is 8.58. The van der Waals surface area contributed by atoms with Gasteiger partial charge in [-0.3, -0.25) is 0 Å². The van der Waals surface area contributed by atoms with Crippen molar-refractivity contribution in [3.8, 4) is 5.75 Å². The lowest BCUT2D eigenvalue weighted by Gasteiger charge is -2.30. The fraction of sp³-hybridized carbons (Fsp3) is 0.500. The van der Waals surface area contributed by atoms with E-state index >= 15 is 0 Å². The monoisotopic (exact) mass is 264 g/mol. The molecule has 0 spiro atoms. The standard InChI is InChI=1S/C14H20N2OS/c1-10-4-3-5-12(14(15)18)13(10)17-11-6-8-16(2)9-7-11/h3-5,11H,6-9H2,1-2H3,(H2,15,18). The fourth-order valence-electron chi connectivity index (χ4n) is 2.27. The number of benzene rings is 1. The molecule has 1 aliphatic heterocycles. The van der Waals surface area contributed by atoms with Gasteiger partial charge in [0.05, 0.1) is 5.56 Å². The normalized spacial score (nSPS) is 17.7. The number of hydrogen-bond acceptors (Lipinski definition) is 3. The lowest BCUT2D eigenvalue weighted by molar-refractivity contribution is 0.113. The Labute approximate surface area is 114 Å². The van der Waals surface area contributed by atoms with E-state index < -0.39 is 0 Å². The molecule has 0 aromatic heterocycles. The third-order valence-electron chi connectivity index (χ3n) is 3.43. The molecule has 1 aromatic carbocycles. The second-order valence-electron chi connectivity index (χ2n) is 4.94. The van der Waals surface area contributed by atoms with Gasteiger partial charge in [0.1, 0.15) is 16.8 Å². The maximum absolute atomic E-state index is 6.13. The van der Waals surface area contributed by atoms with Gasteiger partial charge in [0.2, 0.25) is 0 Å². The highest BCUT2D eigenvalue weighted by molar-refractivity contribution is 7.80. The van der Waals surface area contributed by atoms with E-state index in [1.807, 2.05) is 25.1 Å². The predicted octanol–water partition coefficient (Wildman–Crippen LogP) is 2.10. The molecule has 0 aliphatic carbocycles. The number of piperidine rings is 1. The highest BCUT2D eigenvalue weighted by Crippen LogP contribution is 2.26. The number of ether oxygens (including phenoxy) is 1. The number of likely N-dealkylation sites (tertiary alicyclic amines) is 1. The highest BCUT2D eigenvalue weighted by Gasteiger charge is 2.20. The second-order valence-corrected chi connectivity index (χ2v) is 5.38. The van der Waals surface area contributed by atoms with Gasteiger partial charge in [0.15, 0.2) is 0 Å². The Kier molecular flexibility index (Phi) is 4.19. The Balaban J connectivity index is 2.15. The molecule has 0 atom stereocenters. The van der Waals surface area contributed by atoms with E-state index in [9.17, 15) is 0 Å². The molecular weight excluding hydrogens is 244 g/mol. The zero-order valence-electron chi connectivity index (χ0n) is 11.0. The molecule has 0 saturated carbocycles. The molecule has 1 heterocycles. The van der Waals surface area contributed by atoms with Gasteiger partial charge in [-0.15, -0.1) is 0 Å². The molecule has 0 bridgehead atoms. The molecule has 1 fully saturated rings. The van der Waals surface area contributed by atoms with Crippen molar-refractivity contribution in [2.24, 2.45) is 5.73 Å². The highest BCUT2D eigenvalue weighted by atomic mass is 32.1. The SMILES string of the molecule is Cc1cccc(C(N)=S)c1OC1CCN(C)CC1. The van der Waals surface area contributed by atoms with Gasteiger partial charge in [0, 0.05) is 13.1 Å². The predicted molar refractivity (Wildman–Crippen MR) is 78.2 cm³/mol. The topological polar surface area (TPSA) is 38.5 Å². The van der Waals surface area contributed by atoms with Crippen molar-refractivity contribution in [3.63, 3.8) is 0 Å². The van der Waals surface area contributed by atoms with E-state index in [1.165, 1.54) is 0 Å². The molecule has 18 heavy (non-hydrogen) atoms. The minimum Gasteiger partial charge on any atom is -0.489 e. The zero-order valence-corrected chi connectivity index (χ0v) is 11.8. The molecule has 0 radical (unpaired) electrons. The van der Waals surface area contributed by atoms with Crippen LogP contribution in [0.4, 0.5) is 0 Å². The summed E-state index contributed by atoms with van der Waals surface area (Å²) in [5, 5.41) is 0. The van der Waals surface area contributed by atoms with E-state index in [1.54, 1.807) is 0 Å². The van der Waals surface area contributed by atoms with Crippen LogP contribution < -0.4 is 10.5 Å². The van der Waals surface area contributed by atoms with Crippen LogP contribution in [0.2, 0.25) is 0 Å². The molecule has 1 saturated heterocycles. The molecule has 98 valence electrons. The number of nitrogens with zero attached hydrogens (tertiary/aromatic N) is 1. The van der Waals surface area contributed by atoms with Crippen LogP contribution in [0.25, 0.3) is 0 Å². The number of aryl methyl sites for hydroxylation is 1. The Morgan fingerprint density at radius 1 is 1.39 bits per heavy atom. The van der Waals surface area contributed by atoms with Gasteiger partial charge >= 0.3 is 0 Å². The van der Waals surface area contributed by atoms with Gasteiger partial charge in [-0.2, -0.15) is 0 Å². The van der Waals surface area contributed by atoms with E-state index in [2.05, 4.69) is 11.9 Å². The van der Waals surface area contributed by atoms with Crippen LogP contribution in [-0.2, 0) is 0 Å². The lowest BCUT2D eigenvalue weighted by atomic mass is 10.1. The molecule has 1 aromatic rings. The smallest absolute Gasteiger partial charge is 0.132 e. The van der Waals surface area contributed by atoms with Crippen LogP contribution in [0, 0.1) is 6.92 Å². The summed E-state index contributed by atoms with van der Waals surface area (Å²) >= 11 is 5.09. The molecule has 0 amide bonds. The lowest BCUT2D eigenvalue weighted by Crippen LogP contribution is -2.36. The molecule has 1 aliphatic rings. The van der Waals surface area contributed by atoms with Crippen molar-refractivity contribution in [2.75, 3.05) is 20.1 Å². The van der Waals surface area contributed by atoms with Crippen LogP contribution in [0.1, 0.15) is 24.0 Å². The van der Waals surface area contributed by atoms with Crippen molar-refractivity contribution >= 4 is 17.2 Å². The summed E-state index contributed by atoms with van der Waals surface area (Å²) in [6.45, 7) is 4.20. The Hall–Kier alpha value is -1.13. The maximum atomic E-state index is 6.13. The first-order valence-corrected chi connectivity index (χ1v) is 6.73. The average molecular weight is 264 g/mol. The number of rotatable bonds is 3. The number of hydrogen-bond donors (Lipinski definition) is 1. The molecule has 3 nitrogen and oxygen atoms in total. The quantitative estimate of drug-likeness (QED) is 0.849. The van der Waals surface area contributed by atoms with Crippen molar-refractivity contribution in [3.05, 3.63) is 29.3 Å². The summed E-state index contributed by atoms with van der Waals surface area (Å²) < 4.78 is 6.13. The minimum absolute atomic E-state index is 0.274. The Morgan fingerprint density at radius 2 is 2.06 bits per heavy atom. The number of thiocarbonyl (C=S) groups is 1. The van der Waals surface area contributed by atoms with Gasteiger partial charge in [-0.1, -0.05) is 24.4 Å². The van der Waals surface area contributed by atoms with Gasteiger partial charge in [-0.25, -0.2) is 0 Å². The largest absolute Gasteiger partial charge is 0.489 e. The van der Waals surface area contributed by atoms with E-state index in [-0.39, 0.29) is 6.10 Å². The third-order valence-corrected chi connectivity index (χ3v) is 3.65. The van der Waals surface area contributed by atoms with Crippen LogP contribution in [0.15, 0.2) is 18.2 Å². The summed E-state index contributed by atoms with van der Waals surface area (Å²) in [6.07, 6.45) is 2.39. The first-order valence-electron chi connectivity index (χ1n) is 6.32. The van der Waals surface area contributed by atoms with Gasteiger partial charge in [0.25, 0.3) is 0 Å². The number of nitrogens with two attached hydrogens (primary N) is 1. The summed E-state index contributed by atoms with van der Waals surface area (Å²) in [4.78, 5) is 2.73. The van der Waals surface area contributed by atoms with Crippen LogP contribution >= 0.6 is 12.2 Å². The Morgan fingerprint density at radius 3 is 2.67 bits per heavy atom. The van der Waals surface area contributed by atoms with Crippen LogP contribution in [-0.4, -0.2) is 36.1 Å². The van der Waals surface area contributed by atoms with E-state index in [4.69, 9.17) is 22.7 Å². The Bertz CT molecular complexity index is 439. The van der Waals surface area contributed by atoms with E-state index in [0.29, 0.717) is 4.99 Å². The first kappa shape index (κ1) is 13.3. The van der Waals surface area contributed by atoms with Gasteiger partial charge < -0.3 is 15.4 Å². The third kappa shape index (κ3) is 3.00. The maximum Gasteiger partial charge on any atom is 0.132 e. The molecule has 2 N–H and O–H groups in total. The van der Waals surface area contributed by atoms with Crippen LogP contribution in [0.5, 0.6) is 5.75 Å². The van der Waals surface area contributed by atoms with E-state index in [0.717, 1.165) is 42.8 Å². The zero-order chi connectivity index (χ0) is 13.1. The summed E-state index contributed by atoms with van der Waals surface area (Å²) in [7, 11) is 2.14. The summed E-state index contributed by atoms with van der Waals surface area (Å²) in [5.74, 6) is 0.861. The molecule has 4 heteroatoms.